The Morgan fingerprint density at radius 1 is 1.35 bits per heavy atom. The van der Waals surface area contributed by atoms with Gasteiger partial charge in [-0.05, 0) is 25.5 Å². The number of benzene rings is 1. The summed E-state index contributed by atoms with van der Waals surface area (Å²) in [6, 6.07) is 6.06. The summed E-state index contributed by atoms with van der Waals surface area (Å²) in [5.74, 6) is 0.955. The second kappa shape index (κ2) is 6.61. The van der Waals surface area contributed by atoms with E-state index in [-0.39, 0.29) is 12.0 Å². The van der Waals surface area contributed by atoms with Gasteiger partial charge in [0, 0.05) is 30.7 Å². The Labute approximate surface area is 152 Å². The Balaban J connectivity index is 1.49. The van der Waals surface area contributed by atoms with E-state index in [1.807, 2.05) is 54.8 Å². The lowest BCUT2D eigenvalue weighted by atomic mass is 10.1. The highest BCUT2D eigenvalue weighted by Crippen LogP contribution is 2.25. The maximum atomic E-state index is 12.8. The Bertz CT molecular complexity index is 957. The van der Waals surface area contributed by atoms with Crippen molar-refractivity contribution in [3.63, 3.8) is 0 Å². The van der Waals surface area contributed by atoms with Crippen LogP contribution in [0.15, 0.2) is 35.1 Å². The van der Waals surface area contributed by atoms with Crippen LogP contribution in [0.25, 0.3) is 11.0 Å². The lowest BCUT2D eigenvalue weighted by Crippen LogP contribution is -2.43. The molecule has 1 saturated heterocycles. The van der Waals surface area contributed by atoms with E-state index in [1.165, 1.54) is 0 Å². The molecule has 3 heterocycles. The second-order valence-electron chi connectivity index (χ2n) is 6.99. The van der Waals surface area contributed by atoms with Crippen molar-refractivity contribution in [3.05, 3.63) is 53.3 Å². The van der Waals surface area contributed by atoms with Gasteiger partial charge in [0.1, 0.15) is 17.5 Å². The van der Waals surface area contributed by atoms with Crippen molar-refractivity contribution in [1.82, 2.24) is 14.5 Å². The standard InChI is InChI=1S/C20H23N3O3/c1-13-4-5-16-15(12-26-17(16)8-13)9-19(24)23-6-7-25-18(11-23)20-21-14(2)10-22(20)3/h4-5,8,10,12,18H,6-7,9,11H2,1-3H3. The number of hydrogen-bond donors (Lipinski definition) is 0. The van der Waals surface area contributed by atoms with Gasteiger partial charge in [-0.1, -0.05) is 12.1 Å². The molecule has 2 aromatic heterocycles. The van der Waals surface area contributed by atoms with Gasteiger partial charge in [0.15, 0.2) is 0 Å². The normalized spacial score (nSPS) is 17.8. The topological polar surface area (TPSA) is 60.5 Å². The molecule has 0 spiro atoms. The van der Waals surface area contributed by atoms with E-state index >= 15 is 0 Å². The SMILES string of the molecule is Cc1ccc2c(CC(=O)N3CCOC(c4nc(C)cn4C)C3)coc2c1. The maximum Gasteiger partial charge on any atom is 0.227 e. The van der Waals surface area contributed by atoms with E-state index in [4.69, 9.17) is 9.15 Å². The van der Waals surface area contributed by atoms with Crippen molar-refractivity contribution in [2.24, 2.45) is 7.05 Å². The van der Waals surface area contributed by atoms with E-state index in [0.29, 0.717) is 26.1 Å². The van der Waals surface area contributed by atoms with Crippen LogP contribution in [0, 0.1) is 13.8 Å². The molecule has 6 heteroatoms. The van der Waals surface area contributed by atoms with E-state index < -0.39 is 0 Å². The molecule has 4 rings (SSSR count). The number of rotatable bonds is 3. The number of imidazole rings is 1. The summed E-state index contributed by atoms with van der Waals surface area (Å²) in [5, 5.41) is 1.01. The molecule has 136 valence electrons. The van der Waals surface area contributed by atoms with Gasteiger partial charge in [0.2, 0.25) is 5.91 Å². The third-order valence-electron chi connectivity index (χ3n) is 4.89. The van der Waals surface area contributed by atoms with Gasteiger partial charge in [-0.25, -0.2) is 4.98 Å². The van der Waals surface area contributed by atoms with Gasteiger partial charge >= 0.3 is 0 Å². The van der Waals surface area contributed by atoms with Gasteiger partial charge in [-0.15, -0.1) is 0 Å². The highest BCUT2D eigenvalue weighted by Gasteiger charge is 2.28. The molecule has 3 aromatic rings. The molecule has 1 aliphatic rings. The minimum Gasteiger partial charge on any atom is -0.464 e. The van der Waals surface area contributed by atoms with E-state index in [1.54, 1.807) is 6.26 Å². The third kappa shape index (κ3) is 3.12. The number of fused-ring (bicyclic) bond motifs is 1. The number of nitrogens with zero attached hydrogens (tertiary/aromatic N) is 3. The molecule has 1 unspecified atom stereocenters. The fourth-order valence-electron chi connectivity index (χ4n) is 3.57. The molecule has 1 amide bonds. The third-order valence-corrected chi connectivity index (χ3v) is 4.89. The van der Waals surface area contributed by atoms with Gasteiger partial charge in [-0.3, -0.25) is 4.79 Å². The number of amides is 1. The molecule has 26 heavy (non-hydrogen) atoms. The number of carbonyl (C=O) groups is 1. The van der Waals surface area contributed by atoms with E-state index in [2.05, 4.69) is 4.98 Å². The predicted octanol–water partition coefficient (Wildman–Crippen LogP) is 2.93. The van der Waals surface area contributed by atoms with Crippen LogP contribution < -0.4 is 0 Å². The first-order chi connectivity index (χ1) is 12.5. The van der Waals surface area contributed by atoms with Gasteiger partial charge in [0.05, 0.1) is 31.5 Å². The zero-order valence-corrected chi connectivity index (χ0v) is 15.4. The molecule has 0 bridgehead atoms. The largest absolute Gasteiger partial charge is 0.464 e. The van der Waals surface area contributed by atoms with Crippen LogP contribution in [0.4, 0.5) is 0 Å². The summed E-state index contributed by atoms with van der Waals surface area (Å²) in [6.45, 7) is 5.64. The fourth-order valence-corrected chi connectivity index (χ4v) is 3.57. The molecule has 0 saturated carbocycles. The molecule has 0 radical (unpaired) electrons. The zero-order chi connectivity index (χ0) is 18.3. The number of ether oxygens (including phenoxy) is 1. The number of carbonyl (C=O) groups excluding carboxylic acids is 1. The highest BCUT2D eigenvalue weighted by atomic mass is 16.5. The van der Waals surface area contributed by atoms with Crippen molar-refractivity contribution >= 4 is 16.9 Å². The molecular weight excluding hydrogens is 330 g/mol. The van der Waals surface area contributed by atoms with Crippen LogP contribution in [0.1, 0.15) is 28.7 Å². The predicted molar refractivity (Wildman–Crippen MR) is 97.9 cm³/mol. The van der Waals surface area contributed by atoms with E-state index in [0.717, 1.165) is 33.6 Å². The number of furan rings is 1. The minimum atomic E-state index is -0.185. The summed E-state index contributed by atoms with van der Waals surface area (Å²) in [5.41, 5.74) is 3.86. The zero-order valence-electron chi connectivity index (χ0n) is 15.4. The van der Waals surface area contributed by atoms with Crippen LogP contribution in [-0.4, -0.2) is 40.1 Å². The monoisotopic (exact) mass is 353 g/mol. The summed E-state index contributed by atoms with van der Waals surface area (Å²) in [7, 11) is 1.96. The van der Waals surface area contributed by atoms with Crippen LogP contribution in [0.3, 0.4) is 0 Å². The molecule has 0 aliphatic carbocycles. The Hall–Kier alpha value is -2.60. The van der Waals surface area contributed by atoms with Crippen LogP contribution in [0.5, 0.6) is 0 Å². The second-order valence-corrected chi connectivity index (χ2v) is 6.99. The molecule has 1 aliphatic heterocycles. The maximum absolute atomic E-state index is 12.8. The molecule has 0 N–H and O–H groups in total. The van der Waals surface area contributed by atoms with Crippen molar-refractivity contribution in [1.29, 1.82) is 0 Å². The Morgan fingerprint density at radius 3 is 2.96 bits per heavy atom. The molecule has 6 nitrogen and oxygen atoms in total. The minimum absolute atomic E-state index is 0.0903. The lowest BCUT2D eigenvalue weighted by molar-refractivity contribution is -0.138. The van der Waals surface area contributed by atoms with Gasteiger partial charge in [-0.2, -0.15) is 0 Å². The number of aromatic nitrogens is 2. The molecule has 1 atom stereocenters. The first kappa shape index (κ1) is 16.8. The van der Waals surface area contributed by atoms with Crippen molar-refractivity contribution < 1.29 is 13.9 Å². The quantitative estimate of drug-likeness (QED) is 0.726. The van der Waals surface area contributed by atoms with E-state index in [9.17, 15) is 4.79 Å². The summed E-state index contributed by atoms with van der Waals surface area (Å²) in [6.07, 6.45) is 3.82. The lowest BCUT2D eigenvalue weighted by Gasteiger charge is -2.32. The van der Waals surface area contributed by atoms with Crippen LogP contribution >= 0.6 is 0 Å². The Morgan fingerprint density at radius 2 is 2.19 bits per heavy atom. The average Bonchev–Trinajstić information content (AvgIpc) is 3.17. The van der Waals surface area contributed by atoms with Gasteiger partial charge < -0.3 is 18.6 Å². The average molecular weight is 353 g/mol. The molecule has 1 aromatic carbocycles. The number of morpholine rings is 1. The summed E-state index contributed by atoms with van der Waals surface area (Å²) < 4.78 is 13.5. The first-order valence-corrected chi connectivity index (χ1v) is 8.87. The van der Waals surface area contributed by atoms with Crippen molar-refractivity contribution in [2.45, 2.75) is 26.4 Å². The molecular formula is C20H23N3O3. The summed E-state index contributed by atoms with van der Waals surface area (Å²) in [4.78, 5) is 19.2. The van der Waals surface area contributed by atoms with Gasteiger partial charge in [0.25, 0.3) is 0 Å². The number of hydrogen-bond acceptors (Lipinski definition) is 4. The van der Waals surface area contributed by atoms with Crippen LogP contribution in [0.2, 0.25) is 0 Å². The first-order valence-electron chi connectivity index (χ1n) is 8.87. The smallest absolute Gasteiger partial charge is 0.227 e. The highest BCUT2D eigenvalue weighted by molar-refractivity contribution is 5.88. The van der Waals surface area contributed by atoms with Crippen molar-refractivity contribution in [2.75, 3.05) is 19.7 Å². The fraction of sp³-hybridized carbons (Fsp3) is 0.400. The van der Waals surface area contributed by atoms with Crippen molar-refractivity contribution in [3.8, 4) is 0 Å². The number of aryl methyl sites for hydroxylation is 3. The molecule has 1 fully saturated rings. The Kier molecular flexibility index (Phi) is 4.28. The summed E-state index contributed by atoms with van der Waals surface area (Å²) >= 11 is 0. The van der Waals surface area contributed by atoms with Crippen LogP contribution in [-0.2, 0) is 23.0 Å².